The summed E-state index contributed by atoms with van der Waals surface area (Å²) in [7, 11) is 0.0463. The van der Waals surface area contributed by atoms with E-state index in [2.05, 4.69) is 71.2 Å². The van der Waals surface area contributed by atoms with E-state index in [-0.39, 0.29) is 5.91 Å². The summed E-state index contributed by atoms with van der Waals surface area (Å²) in [5, 5.41) is 0. The number of benzene rings is 1. The summed E-state index contributed by atoms with van der Waals surface area (Å²) in [4.78, 5) is 13.5. The van der Waals surface area contributed by atoms with Crippen molar-refractivity contribution < 1.29 is 4.79 Å². The van der Waals surface area contributed by atoms with Crippen molar-refractivity contribution in [1.29, 1.82) is 0 Å². The number of nitrogens with zero attached hydrogens (tertiary/aromatic N) is 1. The van der Waals surface area contributed by atoms with Gasteiger partial charge in [0.1, 0.15) is 8.07 Å². The summed E-state index contributed by atoms with van der Waals surface area (Å²) < 4.78 is 0. The van der Waals surface area contributed by atoms with Gasteiger partial charge in [-0.2, -0.15) is 0 Å². The van der Waals surface area contributed by atoms with E-state index in [9.17, 15) is 4.79 Å². The molecule has 1 rings (SSSR count). The highest BCUT2D eigenvalue weighted by Gasteiger charge is 2.41. The molecule has 0 saturated heterocycles. The highest BCUT2D eigenvalue weighted by atomic mass is 28.3. The molecule has 24 heavy (non-hydrogen) atoms. The average molecular weight is 344 g/mol. The van der Waals surface area contributed by atoms with Crippen LogP contribution in [0.15, 0.2) is 18.2 Å². The molecule has 2 nitrogen and oxygen atoms in total. The van der Waals surface area contributed by atoms with Crippen LogP contribution in [0.2, 0.25) is 16.6 Å². The molecule has 0 heterocycles. The second-order valence-corrected chi connectivity index (χ2v) is 13.3. The van der Waals surface area contributed by atoms with E-state index < -0.39 is 8.07 Å². The minimum Gasteiger partial charge on any atom is -0.314 e. The van der Waals surface area contributed by atoms with E-state index in [1.165, 1.54) is 0 Å². The van der Waals surface area contributed by atoms with Gasteiger partial charge in [0.05, 0.1) is 5.69 Å². The molecule has 132 valence electrons. The van der Waals surface area contributed by atoms with Gasteiger partial charge in [0, 0.05) is 19.5 Å². The molecule has 0 bridgehead atoms. The summed E-state index contributed by atoms with van der Waals surface area (Å²) >= 11 is 0. The number of carbonyl (C=O) groups excluding carboxylic acids is 1. The average Bonchev–Trinajstić information content (AvgIpc) is 2.46. The molecule has 0 aliphatic carbocycles. The molecule has 0 aliphatic rings. The fourth-order valence-corrected chi connectivity index (χ4v) is 9.02. The maximum absolute atomic E-state index is 11.8. The third-order valence-electron chi connectivity index (χ3n) is 5.27. The lowest BCUT2D eigenvalue weighted by Gasteiger charge is -2.38. The summed E-state index contributed by atoms with van der Waals surface area (Å²) in [5.41, 5.74) is 8.57. The van der Waals surface area contributed by atoms with E-state index >= 15 is 0 Å². The van der Waals surface area contributed by atoms with Crippen LogP contribution in [0.4, 0.5) is 5.69 Å². The minimum absolute atomic E-state index is 0.0312. The molecule has 0 N–H and O–H groups in total. The summed E-state index contributed by atoms with van der Waals surface area (Å²) in [6.07, 6.45) is 0. The number of amides is 1. The van der Waals surface area contributed by atoms with Gasteiger partial charge in [-0.1, -0.05) is 53.5 Å². The van der Waals surface area contributed by atoms with Crippen LogP contribution in [-0.2, 0) is 4.79 Å². The molecule has 1 amide bonds. The zero-order chi connectivity index (χ0) is 18.7. The van der Waals surface area contributed by atoms with Crippen molar-refractivity contribution in [2.45, 2.75) is 72.0 Å². The fraction of sp³-hybridized carbons (Fsp3) is 0.571. The number of rotatable bonds is 4. The first kappa shape index (κ1) is 20.5. The fourth-order valence-electron chi connectivity index (χ4n) is 3.80. The Morgan fingerprint density at radius 1 is 1.04 bits per heavy atom. The zero-order valence-electron chi connectivity index (χ0n) is 16.8. The molecule has 0 aliphatic heterocycles. The van der Waals surface area contributed by atoms with Crippen LogP contribution in [0.5, 0.6) is 0 Å². The molecule has 3 heteroatoms. The SMILES string of the molecule is CC(=O)N(C)c1cc(C)ccc1C#C[Si](C(C)C)(C(C)C)C(C)C. The molecule has 0 radical (unpaired) electrons. The molecular formula is C21H33NOSi. The van der Waals surface area contributed by atoms with Gasteiger partial charge in [-0.3, -0.25) is 4.79 Å². The van der Waals surface area contributed by atoms with Gasteiger partial charge < -0.3 is 4.90 Å². The van der Waals surface area contributed by atoms with Crippen LogP contribution in [0.1, 0.15) is 59.6 Å². The Morgan fingerprint density at radius 2 is 1.54 bits per heavy atom. The van der Waals surface area contributed by atoms with Gasteiger partial charge in [0.2, 0.25) is 5.91 Å². The number of aryl methyl sites for hydroxylation is 1. The minimum atomic E-state index is -1.77. The Bertz CT molecular complexity index is 628. The maximum Gasteiger partial charge on any atom is 0.223 e. The number of hydrogen-bond donors (Lipinski definition) is 0. The first-order valence-electron chi connectivity index (χ1n) is 8.92. The van der Waals surface area contributed by atoms with Crippen LogP contribution in [0.25, 0.3) is 0 Å². The lowest BCUT2D eigenvalue weighted by molar-refractivity contribution is -0.116. The van der Waals surface area contributed by atoms with Crippen LogP contribution >= 0.6 is 0 Å². The van der Waals surface area contributed by atoms with Gasteiger partial charge in [-0.25, -0.2) is 0 Å². The number of hydrogen-bond acceptors (Lipinski definition) is 1. The highest BCUT2D eigenvalue weighted by Crippen LogP contribution is 2.40. The van der Waals surface area contributed by atoms with Gasteiger partial charge in [-0.05, 0) is 41.2 Å². The van der Waals surface area contributed by atoms with E-state index in [0.29, 0.717) is 16.6 Å². The zero-order valence-corrected chi connectivity index (χ0v) is 17.8. The first-order valence-corrected chi connectivity index (χ1v) is 11.1. The maximum atomic E-state index is 11.8. The summed E-state index contributed by atoms with van der Waals surface area (Å²) in [6, 6.07) is 6.18. The molecule has 0 saturated carbocycles. The van der Waals surface area contributed by atoms with Crippen molar-refractivity contribution in [3.05, 3.63) is 29.3 Å². The Hall–Kier alpha value is -1.53. The highest BCUT2D eigenvalue weighted by molar-refractivity contribution is 6.90. The van der Waals surface area contributed by atoms with Crippen LogP contribution in [-0.4, -0.2) is 21.0 Å². The molecule has 1 aromatic rings. The normalized spacial score (nSPS) is 11.7. The Morgan fingerprint density at radius 3 is 1.96 bits per heavy atom. The smallest absolute Gasteiger partial charge is 0.223 e. The molecule has 1 aromatic carbocycles. The predicted molar refractivity (Wildman–Crippen MR) is 108 cm³/mol. The standard InChI is InChI=1S/C21H33NOSi/c1-15(2)24(16(3)4,17(5)6)13-12-20-11-10-18(7)14-21(20)22(9)19(8)23/h10-11,14-17H,1-9H3. The number of carbonyl (C=O) groups is 1. The molecule has 0 fully saturated rings. The lowest BCUT2D eigenvalue weighted by atomic mass is 10.1. The van der Waals surface area contributed by atoms with Crippen LogP contribution in [0, 0.1) is 18.4 Å². The van der Waals surface area contributed by atoms with Crippen LogP contribution in [0.3, 0.4) is 0 Å². The van der Waals surface area contributed by atoms with E-state index in [4.69, 9.17) is 0 Å². The van der Waals surface area contributed by atoms with Gasteiger partial charge in [0.25, 0.3) is 0 Å². The van der Waals surface area contributed by atoms with E-state index in [1.807, 2.05) is 14.0 Å². The molecule has 0 spiro atoms. The largest absolute Gasteiger partial charge is 0.314 e. The first-order chi connectivity index (χ1) is 11.0. The summed E-state index contributed by atoms with van der Waals surface area (Å²) in [6.45, 7) is 17.5. The van der Waals surface area contributed by atoms with Gasteiger partial charge in [0.15, 0.2) is 0 Å². The lowest BCUT2D eigenvalue weighted by Crippen LogP contribution is -2.43. The third-order valence-corrected chi connectivity index (χ3v) is 11.6. The third kappa shape index (κ3) is 4.11. The van der Waals surface area contributed by atoms with Crippen molar-refractivity contribution in [2.24, 2.45) is 0 Å². The quantitative estimate of drug-likeness (QED) is 0.518. The van der Waals surface area contributed by atoms with Crippen molar-refractivity contribution in [1.82, 2.24) is 0 Å². The van der Waals surface area contributed by atoms with E-state index in [1.54, 1.807) is 11.8 Å². The second kappa shape index (κ2) is 8.03. The molecule has 0 atom stereocenters. The van der Waals surface area contributed by atoms with Gasteiger partial charge >= 0.3 is 0 Å². The van der Waals surface area contributed by atoms with Crippen molar-refractivity contribution in [3.8, 4) is 11.5 Å². The predicted octanol–water partition coefficient (Wildman–Crippen LogP) is 5.55. The van der Waals surface area contributed by atoms with E-state index in [0.717, 1.165) is 16.8 Å². The molecule has 0 aromatic heterocycles. The van der Waals surface area contributed by atoms with Crippen molar-refractivity contribution >= 4 is 19.7 Å². The summed E-state index contributed by atoms with van der Waals surface area (Å²) in [5.74, 6) is 3.51. The second-order valence-electron chi connectivity index (χ2n) is 7.75. The Kier molecular flexibility index (Phi) is 6.86. The monoisotopic (exact) mass is 343 g/mol. The number of anilines is 1. The Labute approximate surface area is 149 Å². The van der Waals surface area contributed by atoms with Gasteiger partial charge in [-0.15, -0.1) is 5.54 Å². The Balaban J connectivity index is 3.50. The van der Waals surface area contributed by atoms with Crippen molar-refractivity contribution in [2.75, 3.05) is 11.9 Å². The van der Waals surface area contributed by atoms with Crippen LogP contribution < -0.4 is 4.90 Å². The topological polar surface area (TPSA) is 20.3 Å². The molecule has 0 unspecified atom stereocenters. The molecular weight excluding hydrogens is 310 g/mol. The van der Waals surface area contributed by atoms with Crippen molar-refractivity contribution in [3.63, 3.8) is 0 Å².